The molecule has 3 aromatic rings. The number of hydrogen-bond donors (Lipinski definition) is 2. The van der Waals surface area contributed by atoms with E-state index in [1.165, 1.54) is 6.07 Å². The van der Waals surface area contributed by atoms with Gasteiger partial charge in [-0.2, -0.15) is 0 Å². The lowest BCUT2D eigenvalue weighted by Crippen LogP contribution is -2.08. The van der Waals surface area contributed by atoms with Crippen LogP contribution in [0.5, 0.6) is 0 Å². The fourth-order valence-electron chi connectivity index (χ4n) is 2.11. The van der Waals surface area contributed by atoms with Crippen LogP contribution in [0.1, 0.15) is 5.56 Å². The van der Waals surface area contributed by atoms with Crippen molar-refractivity contribution in [3.63, 3.8) is 0 Å². The quantitative estimate of drug-likeness (QED) is 0.713. The van der Waals surface area contributed by atoms with Gasteiger partial charge in [0.25, 0.3) is 0 Å². The number of nitrogens with zero attached hydrogens (tertiary/aromatic N) is 1. The molecule has 0 fully saturated rings. The summed E-state index contributed by atoms with van der Waals surface area (Å²) in [6.45, 7) is 0. The summed E-state index contributed by atoms with van der Waals surface area (Å²) in [5, 5.41) is 6.10. The molecule has 1 amide bonds. The second kappa shape index (κ2) is 6.91. The first-order valence-electron chi connectivity index (χ1n) is 7.12. The topological polar surface area (TPSA) is 88.0 Å². The molecule has 0 unspecified atom stereocenters. The van der Waals surface area contributed by atoms with E-state index in [-0.39, 0.29) is 11.4 Å². The van der Waals surface area contributed by atoms with Gasteiger partial charge in [-0.1, -0.05) is 23.4 Å². The minimum atomic E-state index is -0.763. The van der Waals surface area contributed by atoms with Crippen molar-refractivity contribution in [2.45, 2.75) is 0 Å². The molecule has 25 heavy (non-hydrogen) atoms. The SMILES string of the molecule is O=C(C=Cc1c(F)cccc1F)Nc1cccc(-c2noc(=O)[nH]2)c1. The second-order valence-electron chi connectivity index (χ2n) is 4.98. The second-order valence-corrected chi connectivity index (χ2v) is 4.98. The minimum absolute atomic E-state index is 0.213. The van der Waals surface area contributed by atoms with E-state index in [4.69, 9.17) is 0 Å². The maximum absolute atomic E-state index is 13.5. The van der Waals surface area contributed by atoms with Crippen LogP contribution in [0.2, 0.25) is 0 Å². The zero-order valence-electron chi connectivity index (χ0n) is 12.6. The van der Waals surface area contributed by atoms with Crippen LogP contribution in [0, 0.1) is 11.6 Å². The van der Waals surface area contributed by atoms with Crippen molar-refractivity contribution in [1.82, 2.24) is 10.1 Å². The molecule has 0 aliphatic heterocycles. The smallest absolute Gasteiger partial charge is 0.322 e. The predicted molar refractivity (Wildman–Crippen MR) is 86.6 cm³/mol. The standard InChI is InChI=1S/C17H11F2N3O3/c18-13-5-2-6-14(19)12(13)7-8-15(23)20-11-4-1-3-10(9-11)16-21-17(24)25-22-16/h1-9H,(H,20,23)(H,21,22,24). The normalized spacial score (nSPS) is 11.0. The molecule has 1 heterocycles. The number of nitrogens with one attached hydrogen (secondary N) is 2. The van der Waals surface area contributed by atoms with E-state index in [1.807, 2.05) is 0 Å². The highest BCUT2D eigenvalue weighted by atomic mass is 19.1. The summed E-state index contributed by atoms with van der Waals surface area (Å²) in [4.78, 5) is 25.3. The van der Waals surface area contributed by atoms with Crippen LogP contribution in [-0.2, 0) is 4.79 Å². The van der Waals surface area contributed by atoms with Crippen molar-refractivity contribution in [2.24, 2.45) is 0 Å². The van der Waals surface area contributed by atoms with E-state index in [9.17, 15) is 18.4 Å². The number of carbonyl (C=O) groups is 1. The van der Waals surface area contributed by atoms with E-state index in [1.54, 1.807) is 24.3 Å². The fourth-order valence-corrected chi connectivity index (χ4v) is 2.11. The number of carbonyl (C=O) groups excluding carboxylic acids is 1. The molecule has 0 saturated heterocycles. The van der Waals surface area contributed by atoms with E-state index < -0.39 is 23.3 Å². The van der Waals surface area contributed by atoms with Crippen LogP contribution in [0.15, 0.2) is 57.9 Å². The molecule has 2 N–H and O–H groups in total. The van der Waals surface area contributed by atoms with Gasteiger partial charge in [0.05, 0.1) is 0 Å². The van der Waals surface area contributed by atoms with Crippen molar-refractivity contribution in [3.05, 3.63) is 76.3 Å². The van der Waals surface area contributed by atoms with Crippen LogP contribution < -0.4 is 11.1 Å². The zero-order valence-corrected chi connectivity index (χ0v) is 12.6. The Labute approximate surface area is 139 Å². The molecule has 0 bridgehead atoms. The number of aromatic amines is 1. The van der Waals surface area contributed by atoms with Gasteiger partial charge in [-0.05, 0) is 30.3 Å². The van der Waals surface area contributed by atoms with Crippen molar-refractivity contribution in [2.75, 3.05) is 5.32 Å². The predicted octanol–water partition coefficient (Wildman–Crippen LogP) is 2.96. The van der Waals surface area contributed by atoms with Gasteiger partial charge in [-0.3, -0.25) is 14.3 Å². The largest absolute Gasteiger partial charge is 0.439 e. The summed E-state index contributed by atoms with van der Waals surface area (Å²) in [6.07, 6.45) is 2.07. The summed E-state index contributed by atoms with van der Waals surface area (Å²) in [7, 11) is 0. The number of hydrogen-bond acceptors (Lipinski definition) is 4. The average molecular weight is 343 g/mol. The third kappa shape index (κ3) is 3.86. The number of H-pyrrole nitrogens is 1. The molecule has 2 aromatic carbocycles. The van der Waals surface area contributed by atoms with Crippen LogP contribution in [0.4, 0.5) is 14.5 Å². The molecule has 126 valence electrons. The number of amides is 1. The van der Waals surface area contributed by atoms with Gasteiger partial charge in [0, 0.05) is 22.9 Å². The maximum atomic E-state index is 13.5. The molecule has 0 radical (unpaired) electrons. The van der Waals surface area contributed by atoms with E-state index in [0.717, 1.165) is 24.3 Å². The van der Waals surface area contributed by atoms with Crippen LogP contribution >= 0.6 is 0 Å². The molecule has 0 saturated carbocycles. The molecule has 0 aliphatic carbocycles. The molecule has 0 atom stereocenters. The Morgan fingerprint density at radius 1 is 1.16 bits per heavy atom. The molecule has 6 nitrogen and oxygen atoms in total. The van der Waals surface area contributed by atoms with Crippen molar-refractivity contribution >= 4 is 17.7 Å². The van der Waals surface area contributed by atoms with Gasteiger partial charge in [0.2, 0.25) is 5.91 Å². The van der Waals surface area contributed by atoms with Gasteiger partial charge in [0.15, 0.2) is 5.82 Å². The van der Waals surface area contributed by atoms with Gasteiger partial charge < -0.3 is 5.32 Å². The van der Waals surface area contributed by atoms with Crippen molar-refractivity contribution in [3.8, 4) is 11.4 Å². The summed E-state index contributed by atoms with van der Waals surface area (Å²) >= 11 is 0. The Hall–Kier alpha value is -3.55. The number of aromatic nitrogens is 2. The minimum Gasteiger partial charge on any atom is -0.322 e. The monoisotopic (exact) mass is 343 g/mol. The van der Waals surface area contributed by atoms with Crippen molar-refractivity contribution in [1.29, 1.82) is 0 Å². The molecule has 1 aromatic heterocycles. The molecular weight excluding hydrogens is 332 g/mol. The van der Waals surface area contributed by atoms with Gasteiger partial charge >= 0.3 is 5.76 Å². The lowest BCUT2D eigenvalue weighted by atomic mass is 10.1. The molecule has 8 heteroatoms. The summed E-state index contributed by atoms with van der Waals surface area (Å²) in [5.74, 6) is -2.58. The molecule has 0 aliphatic rings. The lowest BCUT2D eigenvalue weighted by Gasteiger charge is -2.04. The summed E-state index contributed by atoms with van der Waals surface area (Å²) in [5.41, 5.74) is 0.629. The maximum Gasteiger partial charge on any atom is 0.439 e. The van der Waals surface area contributed by atoms with E-state index >= 15 is 0 Å². The third-order valence-electron chi connectivity index (χ3n) is 3.24. The average Bonchev–Trinajstić information content (AvgIpc) is 3.01. The Bertz CT molecular complexity index is 988. The van der Waals surface area contributed by atoms with Crippen molar-refractivity contribution < 1.29 is 18.1 Å². The molecule has 3 rings (SSSR count). The van der Waals surface area contributed by atoms with Gasteiger partial charge in [-0.25, -0.2) is 13.6 Å². The van der Waals surface area contributed by atoms with Crippen LogP contribution in [0.25, 0.3) is 17.5 Å². The first-order chi connectivity index (χ1) is 12.0. The first kappa shape index (κ1) is 16.3. The van der Waals surface area contributed by atoms with Gasteiger partial charge in [0.1, 0.15) is 11.6 Å². The third-order valence-corrected chi connectivity index (χ3v) is 3.24. The van der Waals surface area contributed by atoms with E-state index in [0.29, 0.717) is 11.3 Å². The summed E-state index contributed by atoms with van der Waals surface area (Å²) in [6, 6.07) is 9.90. The number of rotatable bonds is 4. The van der Waals surface area contributed by atoms with Crippen LogP contribution in [0.3, 0.4) is 0 Å². The Balaban J connectivity index is 1.75. The molecular formula is C17H11F2N3O3. The highest BCUT2D eigenvalue weighted by Crippen LogP contribution is 2.19. The van der Waals surface area contributed by atoms with Gasteiger partial charge in [-0.15, -0.1) is 0 Å². The Kier molecular flexibility index (Phi) is 4.51. The Morgan fingerprint density at radius 3 is 2.56 bits per heavy atom. The number of halogens is 2. The first-order valence-corrected chi connectivity index (χ1v) is 7.12. The Morgan fingerprint density at radius 2 is 1.88 bits per heavy atom. The van der Waals surface area contributed by atoms with Crippen LogP contribution in [-0.4, -0.2) is 16.0 Å². The zero-order chi connectivity index (χ0) is 17.8. The highest BCUT2D eigenvalue weighted by Gasteiger charge is 2.07. The fraction of sp³-hybridized carbons (Fsp3) is 0. The highest BCUT2D eigenvalue weighted by molar-refractivity contribution is 6.02. The number of anilines is 1. The molecule has 0 spiro atoms. The lowest BCUT2D eigenvalue weighted by molar-refractivity contribution is -0.111. The van der Waals surface area contributed by atoms with E-state index in [2.05, 4.69) is 20.0 Å². The summed E-state index contributed by atoms with van der Waals surface area (Å²) < 4.78 is 31.4. The number of benzene rings is 2.